The van der Waals surface area contributed by atoms with Gasteiger partial charge in [-0.1, -0.05) is 20.8 Å². The van der Waals surface area contributed by atoms with Gasteiger partial charge in [0, 0.05) is 18.4 Å². The number of carbonyl (C=O) groups excluding carboxylic acids is 2. The highest BCUT2D eigenvalue weighted by molar-refractivity contribution is 5.90. The van der Waals surface area contributed by atoms with Crippen LogP contribution in [0.2, 0.25) is 0 Å². The predicted molar refractivity (Wildman–Crippen MR) is 81.5 cm³/mol. The molecule has 8 nitrogen and oxygen atoms in total. The van der Waals surface area contributed by atoms with Crippen LogP contribution < -0.4 is 5.32 Å². The van der Waals surface area contributed by atoms with Gasteiger partial charge in [0.2, 0.25) is 11.8 Å². The van der Waals surface area contributed by atoms with E-state index in [0.717, 1.165) is 5.82 Å². The number of nitrogens with one attached hydrogen (secondary N) is 2. The van der Waals surface area contributed by atoms with Crippen molar-refractivity contribution in [3.63, 3.8) is 0 Å². The molecule has 126 valence electrons. The lowest BCUT2D eigenvalue weighted by Gasteiger charge is -2.33. The SMILES string of the molecule is CC(C)(C)c1n[nH]c(C2CN(C(=O)C3CCC(=O)N3)CCO2)n1. The number of H-pyrrole nitrogens is 1. The Labute approximate surface area is 135 Å². The summed E-state index contributed by atoms with van der Waals surface area (Å²) >= 11 is 0. The standard InChI is InChI=1S/C15H23N5O3/c1-15(2,3)14-17-12(18-19-14)10-8-20(6-7-23-10)13(22)9-4-5-11(21)16-9/h9-10H,4-8H2,1-3H3,(H,16,21)(H,17,18,19). The number of ether oxygens (including phenoxy) is 1. The lowest BCUT2D eigenvalue weighted by Crippen LogP contribution is -2.49. The molecule has 2 aliphatic heterocycles. The smallest absolute Gasteiger partial charge is 0.245 e. The van der Waals surface area contributed by atoms with E-state index in [0.29, 0.717) is 38.4 Å². The Kier molecular flexibility index (Phi) is 4.09. The van der Waals surface area contributed by atoms with Crippen molar-refractivity contribution in [2.75, 3.05) is 19.7 Å². The van der Waals surface area contributed by atoms with Gasteiger partial charge in [0.05, 0.1) is 13.2 Å². The second-order valence-corrected chi connectivity index (χ2v) is 7.10. The Balaban J connectivity index is 1.67. The number of amides is 2. The first-order valence-corrected chi connectivity index (χ1v) is 7.97. The maximum absolute atomic E-state index is 12.5. The maximum atomic E-state index is 12.5. The molecular weight excluding hydrogens is 298 g/mol. The Morgan fingerprint density at radius 1 is 1.39 bits per heavy atom. The van der Waals surface area contributed by atoms with Crippen LogP contribution >= 0.6 is 0 Å². The van der Waals surface area contributed by atoms with Crippen molar-refractivity contribution in [1.29, 1.82) is 0 Å². The molecule has 1 aromatic rings. The van der Waals surface area contributed by atoms with Gasteiger partial charge in [0.1, 0.15) is 12.1 Å². The van der Waals surface area contributed by atoms with E-state index >= 15 is 0 Å². The fourth-order valence-corrected chi connectivity index (χ4v) is 2.79. The molecule has 3 heterocycles. The summed E-state index contributed by atoms with van der Waals surface area (Å²) in [4.78, 5) is 30.0. The highest BCUT2D eigenvalue weighted by atomic mass is 16.5. The highest BCUT2D eigenvalue weighted by Gasteiger charge is 2.35. The quantitative estimate of drug-likeness (QED) is 0.815. The van der Waals surface area contributed by atoms with Crippen LogP contribution in [0.15, 0.2) is 0 Å². The summed E-state index contributed by atoms with van der Waals surface area (Å²) in [6.45, 7) is 7.52. The molecule has 23 heavy (non-hydrogen) atoms. The molecule has 0 radical (unpaired) electrons. The Hall–Kier alpha value is -1.96. The Morgan fingerprint density at radius 2 is 2.17 bits per heavy atom. The summed E-state index contributed by atoms with van der Waals surface area (Å²) in [6.07, 6.45) is 0.672. The Bertz CT molecular complexity index is 606. The van der Waals surface area contributed by atoms with E-state index in [4.69, 9.17) is 4.74 Å². The number of rotatable bonds is 2. The highest BCUT2D eigenvalue weighted by Crippen LogP contribution is 2.24. The van der Waals surface area contributed by atoms with Gasteiger partial charge >= 0.3 is 0 Å². The number of carbonyl (C=O) groups is 2. The van der Waals surface area contributed by atoms with Crippen LogP contribution in [0.25, 0.3) is 0 Å². The van der Waals surface area contributed by atoms with Crippen LogP contribution in [-0.2, 0) is 19.7 Å². The van der Waals surface area contributed by atoms with Crippen LogP contribution in [0.3, 0.4) is 0 Å². The third kappa shape index (κ3) is 3.36. The van der Waals surface area contributed by atoms with Crippen molar-refractivity contribution in [2.45, 2.75) is 51.2 Å². The normalized spacial score (nSPS) is 25.5. The van der Waals surface area contributed by atoms with E-state index in [1.165, 1.54) is 0 Å². The summed E-state index contributed by atoms with van der Waals surface area (Å²) in [5.74, 6) is 1.27. The van der Waals surface area contributed by atoms with Gasteiger partial charge < -0.3 is 15.0 Å². The number of hydrogen-bond acceptors (Lipinski definition) is 5. The zero-order chi connectivity index (χ0) is 16.6. The molecule has 2 fully saturated rings. The average Bonchev–Trinajstić information content (AvgIpc) is 3.15. The van der Waals surface area contributed by atoms with Gasteiger partial charge in [-0.3, -0.25) is 14.7 Å². The third-order valence-electron chi connectivity index (χ3n) is 4.15. The van der Waals surface area contributed by atoms with Gasteiger partial charge in [0.25, 0.3) is 0 Å². The van der Waals surface area contributed by atoms with Gasteiger partial charge in [-0.25, -0.2) is 4.98 Å². The summed E-state index contributed by atoms with van der Waals surface area (Å²) < 4.78 is 5.74. The van der Waals surface area contributed by atoms with E-state index in [1.807, 2.05) is 20.8 Å². The molecule has 0 bridgehead atoms. The van der Waals surface area contributed by atoms with Gasteiger partial charge in [-0.15, -0.1) is 0 Å². The molecule has 2 N–H and O–H groups in total. The molecule has 1 aromatic heterocycles. The largest absolute Gasteiger partial charge is 0.367 e. The fourth-order valence-electron chi connectivity index (χ4n) is 2.79. The van der Waals surface area contributed by atoms with Crippen molar-refractivity contribution in [1.82, 2.24) is 25.4 Å². The van der Waals surface area contributed by atoms with Crippen molar-refractivity contribution < 1.29 is 14.3 Å². The monoisotopic (exact) mass is 321 g/mol. The fraction of sp³-hybridized carbons (Fsp3) is 0.733. The molecule has 2 unspecified atom stereocenters. The molecule has 2 aliphatic rings. The first kappa shape index (κ1) is 15.9. The van der Waals surface area contributed by atoms with Crippen LogP contribution in [0.1, 0.15) is 51.4 Å². The number of morpholine rings is 1. The maximum Gasteiger partial charge on any atom is 0.245 e. The van der Waals surface area contributed by atoms with Crippen molar-refractivity contribution in [2.24, 2.45) is 0 Å². The van der Waals surface area contributed by atoms with Crippen molar-refractivity contribution in [3.05, 3.63) is 11.6 Å². The second-order valence-electron chi connectivity index (χ2n) is 7.10. The summed E-state index contributed by atoms with van der Waals surface area (Å²) in [6, 6.07) is -0.402. The number of hydrogen-bond donors (Lipinski definition) is 2. The summed E-state index contributed by atoms with van der Waals surface area (Å²) in [7, 11) is 0. The zero-order valence-electron chi connectivity index (χ0n) is 13.8. The molecule has 0 saturated carbocycles. The first-order chi connectivity index (χ1) is 10.8. The zero-order valence-corrected chi connectivity index (χ0v) is 13.8. The molecule has 0 aliphatic carbocycles. The number of aromatic amines is 1. The lowest BCUT2D eigenvalue weighted by molar-refractivity contribution is -0.142. The predicted octanol–water partition coefficient (Wildman–Crippen LogP) is 0.281. The van der Waals surface area contributed by atoms with E-state index in [-0.39, 0.29) is 23.3 Å². The molecule has 2 amide bonds. The molecule has 2 saturated heterocycles. The van der Waals surface area contributed by atoms with Gasteiger partial charge in [-0.05, 0) is 6.42 Å². The minimum atomic E-state index is -0.402. The second kappa shape index (κ2) is 5.92. The number of aromatic nitrogens is 3. The molecular formula is C15H23N5O3. The summed E-state index contributed by atoms with van der Waals surface area (Å²) in [5, 5.41) is 9.89. The molecule has 0 spiro atoms. The van der Waals surface area contributed by atoms with Gasteiger partial charge in [0.15, 0.2) is 11.6 Å². The molecule has 0 aromatic carbocycles. The van der Waals surface area contributed by atoms with E-state index in [2.05, 4.69) is 20.5 Å². The van der Waals surface area contributed by atoms with Crippen LogP contribution in [0.4, 0.5) is 0 Å². The van der Waals surface area contributed by atoms with Crippen molar-refractivity contribution >= 4 is 11.8 Å². The minimum absolute atomic E-state index is 0.0419. The average molecular weight is 321 g/mol. The lowest BCUT2D eigenvalue weighted by atomic mass is 9.96. The third-order valence-corrected chi connectivity index (χ3v) is 4.15. The summed E-state index contributed by atoms with van der Waals surface area (Å²) in [5.41, 5.74) is -0.146. The van der Waals surface area contributed by atoms with Crippen molar-refractivity contribution in [3.8, 4) is 0 Å². The first-order valence-electron chi connectivity index (χ1n) is 7.97. The van der Waals surface area contributed by atoms with Crippen LogP contribution in [0, 0.1) is 0 Å². The van der Waals surface area contributed by atoms with E-state index < -0.39 is 6.04 Å². The Morgan fingerprint density at radius 3 is 2.78 bits per heavy atom. The van der Waals surface area contributed by atoms with E-state index in [1.54, 1.807) is 4.90 Å². The molecule has 8 heteroatoms. The minimum Gasteiger partial charge on any atom is -0.367 e. The van der Waals surface area contributed by atoms with Gasteiger partial charge in [-0.2, -0.15) is 5.10 Å². The van der Waals surface area contributed by atoms with Crippen LogP contribution in [0.5, 0.6) is 0 Å². The molecule has 3 rings (SSSR count). The van der Waals surface area contributed by atoms with E-state index in [9.17, 15) is 9.59 Å². The number of nitrogens with zero attached hydrogens (tertiary/aromatic N) is 3. The molecule has 2 atom stereocenters. The van der Waals surface area contributed by atoms with Crippen LogP contribution in [-0.4, -0.2) is 57.6 Å². The topological polar surface area (TPSA) is 100 Å².